The molecule has 0 fully saturated rings. The second-order valence-electron chi connectivity index (χ2n) is 3.32. The number of hydrogen-bond acceptors (Lipinski definition) is 1. The Labute approximate surface area is 75.6 Å². The first-order valence-corrected chi connectivity index (χ1v) is 4.98. The molecule has 1 N–H and O–H groups in total. The molecule has 0 spiro atoms. The van der Waals surface area contributed by atoms with Crippen LogP contribution in [0.2, 0.25) is 0 Å². The Bertz CT molecular complexity index is 168. The summed E-state index contributed by atoms with van der Waals surface area (Å²) in [7, 11) is 0. The van der Waals surface area contributed by atoms with Crippen LogP contribution in [-0.4, -0.2) is 13.1 Å². The summed E-state index contributed by atoms with van der Waals surface area (Å²) in [4.78, 5) is 0. The first-order chi connectivity index (χ1) is 5.93. The van der Waals surface area contributed by atoms with Crippen molar-refractivity contribution in [2.24, 2.45) is 0 Å². The second-order valence-corrected chi connectivity index (χ2v) is 3.32. The molecule has 0 aromatic heterocycles. The zero-order chi connectivity index (χ0) is 8.65. The molecular formula is C11H19N. The maximum absolute atomic E-state index is 3.45. The smallest absolute Gasteiger partial charge is 0.0167 e. The maximum Gasteiger partial charge on any atom is 0.0167 e. The largest absolute Gasteiger partial charge is 0.313 e. The van der Waals surface area contributed by atoms with E-state index in [-0.39, 0.29) is 0 Å². The Morgan fingerprint density at radius 1 is 1.50 bits per heavy atom. The van der Waals surface area contributed by atoms with E-state index in [1.165, 1.54) is 25.7 Å². The summed E-state index contributed by atoms with van der Waals surface area (Å²) in [6.07, 6.45) is 11.7. The summed E-state index contributed by atoms with van der Waals surface area (Å²) in [5, 5.41) is 3.45. The first kappa shape index (κ1) is 9.53. The minimum atomic E-state index is 1.09. The van der Waals surface area contributed by atoms with Crippen LogP contribution in [0.25, 0.3) is 0 Å². The lowest BCUT2D eigenvalue weighted by Gasteiger charge is -2.09. The third-order valence-corrected chi connectivity index (χ3v) is 2.16. The minimum Gasteiger partial charge on any atom is -0.313 e. The van der Waals surface area contributed by atoms with E-state index in [0.717, 1.165) is 13.1 Å². The quantitative estimate of drug-likeness (QED) is 0.617. The normalized spacial score (nSPS) is 16.2. The third kappa shape index (κ3) is 3.72. The Balaban J connectivity index is 2.06. The van der Waals surface area contributed by atoms with Gasteiger partial charge in [-0.25, -0.2) is 0 Å². The zero-order valence-electron chi connectivity index (χ0n) is 7.97. The summed E-state index contributed by atoms with van der Waals surface area (Å²) in [5.41, 5.74) is 1.55. The van der Waals surface area contributed by atoms with E-state index in [0.29, 0.717) is 0 Å². The van der Waals surface area contributed by atoms with Crippen molar-refractivity contribution in [1.29, 1.82) is 0 Å². The van der Waals surface area contributed by atoms with E-state index in [2.05, 4.69) is 30.5 Å². The van der Waals surface area contributed by atoms with Gasteiger partial charge in [-0.3, -0.25) is 0 Å². The molecule has 0 aromatic carbocycles. The molecule has 68 valence electrons. The number of rotatable bonds is 5. The van der Waals surface area contributed by atoms with Crippen molar-refractivity contribution >= 4 is 0 Å². The lowest BCUT2D eigenvalue weighted by Crippen LogP contribution is -2.18. The highest BCUT2D eigenvalue weighted by atomic mass is 14.8. The van der Waals surface area contributed by atoms with Crippen molar-refractivity contribution in [2.75, 3.05) is 13.1 Å². The van der Waals surface area contributed by atoms with E-state index in [4.69, 9.17) is 0 Å². The lowest BCUT2D eigenvalue weighted by molar-refractivity contribution is 0.660. The zero-order valence-corrected chi connectivity index (χ0v) is 7.97. The van der Waals surface area contributed by atoms with Crippen molar-refractivity contribution in [1.82, 2.24) is 5.32 Å². The Morgan fingerprint density at radius 3 is 3.08 bits per heavy atom. The van der Waals surface area contributed by atoms with E-state index < -0.39 is 0 Å². The number of nitrogens with one attached hydrogen (secondary N) is 1. The van der Waals surface area contributed by atoms with E-state index in [1.54, 1.807) is 5.57 Å². The highest BCUT2D eigenvalue weighted by molar-refractivity contribution is 5.18. The van der Waals surface area contributed by atoms with Crippen LogP contribution in [0, 0.1) is 0 Å². The van der Waals surface area contributed by atoms with Gasteiger partial charge in [0.25, 0.3) is 0 Å². The lowest BCUT2D eigenvalue weighted by atomic mass is 10.1. The molecule has 0 unspecified atom stereocenters. The van der Waals surface area contributed by atoms with E-state index in [9.17, 15) is 0 Å². The van der Waals surface area contributed by atoms with Gasteiger partial charge in [-0.1, -0.05) is 37.1 Å². The average molecular weight is 165 g/mol. The van der Waals surface area contributed by atoms with Gasteiger partial charge in [0.05, 0.1) is 0 Å². The van der Waals surface area contributed by atoms with Gasteiger partial charge >= 0.3 is 0 Å². The predicted molar refractivity (Wildman–Crippen MR) is 54.2 cm³/mol. The Hall–Kier alpha value is -0.560. The molecule has 0 bridgehead atoms. The number of unbranched alkanes of at least 4 members (excludes halogenated alkanes) is 1. The van der Waals surface area contributed by atoms with Gasteiger partial charge < -0.3 is 5.32 Å². The average Bonchev–Trinajstić information content (AvgIpc) is 2.14. The van der Waals surface area contributed by atoms with Crippen molar-refractivity contribution in [2.45, 2.75) is 32.6 Å². The van der Waals surface area contributed by atoms with Gasteiger partial charge in [0.15, 0.2) is 0 Å². The van der Waals surface area contributed by atoms with Gasteiger partial charge in [0.2, 0.25) is 0 Å². The van der Waals surface area contributed by atoms with Crippen LogP contribution in [0.5, 0.6) is 0 Å². The van der Waals surface area contributed by atoms with Gasteiger partial charge in [-0.2, -0.15) is 0 Å². The minimum absolute atomic E-state index is 1.09. The molecule has 1 aliphatic rings. The first-order valence-electron chi connectivity index (χ1n) is 4.98. The van der Waals surface area contributed by atoms with Crippen LogP contribution >= 0.6 is 0 Å². The van der Waals surface area contributed by atoms with Gasteiger partial charge in [0, 0.05) is 6.54 Å². The monoisotopic (exact) mass is 165 g/mol. The van der Waals surface area contributed by atoms with Crippen LogP contribution in [0.1, 0.15) is 32.6 Å². The molecule has 1 nitrogen and oxygen atoms in total. The van der Waals surface area contributed by atoms with Crippen LogP contribution in [0.4, 0.5) is 0 Å². The van der Waals surface area contributed by atoms with Crippen molar-refractivity contribution < 1.29 is 0 Å². The van der Waals surface area contributed by atoms with Crippen molar-refractivity contribution in [3.05, 3.63) is 23.8 Å². The summed E-state index contributed by atoms with van der Waals surface area (Å²) in [6, 6.07) is 0. The van der Waals surface area contributed by atoms with Crippen molar-refractivity contribution in [3.8, 4) is 0 Å². The molecule has 0 saturated carbocycles. The second kappa shape index (κ2) is 6.01. The SMILES string of the molecule is CCCCNCC1=CC=CCC1. The molecule has 0 radical (unpaired) electrons. The van der Waals surface area contributed by atoms with Gasteiger partial charge in [-0.15, -0.1) is 0 Å². The maximum atomic E-state index is 3.45. The fourth-order valence-electron chi connectivity index (χ4n) is 1.35. The molecule has 1 aliphatic carbocycles. The standard InChI is InChI=1S/C11H19N/c1-2-3-9-12-10-11-7-5-4-6-8-11/h4-5,7,12H,2-3,6,8-10H2,1H3. The fraction of sp³-hybridized carbons (Fsp3) is 0.636. The fourth-order valence-corrected chi connectivity index (χ4v) is 1.35. The molecule has 1 heteroatoms. The molecular weight excluding hydrogens is 146 g/mol. The molecule has 12 heavy (non-hydrogen) atoms. The van der Waals surface area contributed by atoms with E-state index >= 15 is 0 Å². The van der Waals surface area contributed by atoms with E-state index in [1.807, 2.05) is 0 Å². The van der Waals surface area contributed by atoms with Crippen LogP contribution < -0.4 is 5.32 Å². The molecule has 0 aromatic rings. The third-order valence-electron chi connectivity index (χ3n) is 2.16. The number of allylic oxidation sites excluding steroid dienone is 3. The summed E-state index contributed by atoms with van der Waals surface area (Å²) < 4.78 is 0. The Kier molecular flexibility index (Phi) is 4.77. The van der Waals surface area contributed by atoms with Crippen LogP contribution in [0.3, 0.4) is 0 Å². The van der Waals surface area contributed by atoms with Crippen LogP contribution in [0.15, 0.2) is 23.8 Å². The molecule has 1 rings (SSSR count). The Morgan fingerprint density at radius 2 is 2.42 bits per heavy atom. The predicted octanol–water partition coefficient (Wildman–Crippen LogP) is 2.65. The molecule has 0 heterocycles. The number of hydrogen-bond donors (Lipinski definition) is 1. The molecule has 0 amide bonds. The molecule has 0 atom stereocenters. The van der Waals surface area contributed by atoms with Gasteiger partial charge in [-0.05, 0) is 25.8 Å². The summed E-state index contributed by atoms with van der Waals surface area (Å²) in [5.74, 6) is 0. The molecule has 0 aliphatic heterocycles. The van der Waals surface area contributed by atoms with Crippen LogP contribution in [-0.2, 0) is 0 Å². The summed E-state index contributed by atoms with van der Waals surface area (Å²) in [6.45, 7) is 4.48. The highest BCUT2D eigenvalue weighted by Gasteiger charge is 1.97. The van der Waals surface area contributed by atoms with Gasteiger partial charge in [0.1, 0.15) is 0 Å². The molecule has 0 saturated heterocycles. The summed E-state index contributed by atoms with van der Waals surface area (Å²) >= 11 is 0. The topological polar surface area (TPSA) is 12.0 Å². The highest BCUT2D eigenvalue weighted by Crippen LogP contribution is 2.09. The van der Waals surface area contributed by atoms with Crippen molar-refractivity contribution in [3.63, 3.8) is 0 Å².